The van der Waals surface area contributed by atoms with Crippen LogP contribution in [0.15, 0.2) is 54.5 Å². The third-order valence-electron chi connectivity index (χ3n) is 7.08. The summed E-state index contributed by atoms with van der Waals surface area (Å²) in [5.74, 6) is 1.14. The van der Waals surface area contributed by atoms with Crippen molar-refractivity contribution in [2.24, 2.45) is 0 Å². The van der Waals surface area contributed by atoms with E-state index in [1.165, 1.54) is 25.7 Å². The Hall–Kier alpha value is -2.41. The molecule has 2 N–H and O–H groups in total. The summed E-state index contributed by atoms with van der Waals surface area (Å²) in [6.07, 6.45) is 8.96. The Balaban J connectivity index is 1.46. The number of hydrogen-bond acceptors (Lipinski definition) is 5. The summed E-state index contributed by atoms with van der Waals surface area (Å²) in [6.45, 7) is 9.15. The van der Waals surface area contributed by atoms with Crippen molar-refractivity contribution in [3.05, 3.63) is 70.1 Å². The van der Waals surface area contributed by atoms with Gasteiger partial charge in [-0.05, 0) is 75.1 Å². The molecule has 8 heteroatoms. The van der Waals surface area contributed by atoms with Gasteiger partial charge in [-0.3, -0.25) is 4.79 Å². The fourth-order valence-corrected chi connectivity index (χ4v) is 5.71. The lowest BCUT2D eigenvalue weighted by atomic mass is 10.1. The smallest absolute Gasteiger partial charge is 0.214 e. The van der Waals surface area contributed by atoms with Gasteiger partial charge in [0.2, 0.25) is 6.41 Å². The Morgan fingerprint density at radius 3 is 2.32 bits per heavy atom. The molecule has 200 valence electrons. The van der Waals surface area contributed by atoms with Crippen LogP contribution in [-0.4, -0.2) is 61.0 Å². The summed E-state index contributed by atoms with van der Waals surface area (Å²) < 4.78 is 0. The Labute approximate surface area is 231 Å². The molecule has 2 aromatic rings. The summed E-state index contributed by atoms with van der Waals surface area (Å²) in [5.41, 5.74) is 2.84. The first-order chi connectivity index (χ1) is 17.9. The van der Waals surface area contributed by atoms with Gasteiger partial charge in [0.15, 0.2) is 0 Å². The van der Waals surface area contributed by atoms with E-state index in [-0.39, 0.29) is 0 Å². The maximum atomic E-state index is 11.9. The third-order valence-corrected chi connectivity index (χ3v) is 7.67. The van der Waals surface area contributed by atoms with Crippen LogP contribution < -0.4 is 15.5 Å². The summed E-state index contributed by atoms with van der Waals surface area (Å²) >= 11 is 12.3. The molecule has 2 atom stereocenters. The number of rotatable bonds is 9. The molecule has 2 saturated heterocycles. The highest BCUT2D eigenvalue weighted by molar-refractivity contribution is 6.35. The van der Waals surface area contributed by atoms with Crippen molar-refractivity contribution in [3.63, 3.8) is 0 Å². The quantitative estimate of drug-likeness (QED) is 0.381. The minimum atomic E-state index is 0.427. The van der Waals surface area contributed by atoms with Crippen LogP contribution in [0.5, 0.6) is 0 Å². The van der Waals surface area contributed by atoms with Crippen LogP contribution in [0.4, 0.5) is 11.4 Å². The van der Waals surface area contributed by atoms with Gasteiger partial charge in [-0.2, -0.15) is 0 Å². The zero-order valence-electron chi connectivity index (χ0n) is 21.9. The molecule has 2 heterocycles. The number of likely N-dealkylation sites (tertiary alicyclic amines) is 1. The van der Waals surface area contributed by atoms with Gasteiger partial charge in [0.1, 0.15) is 5.82 Å². The minimum Gasteiger partial charge on any atom is -0.374 e. The summed E-state index contributed by atoms with van der Waals surface area (Å²) in [4.78, 5) is 18.5. The topological polar surface area (TPSA) is 50.9 Å². The molecule has 2 aromatic carbocycles. The van der Waals surface area contributed by atoms with Crippen LogP contribution >= 0.6 is 23.2 Å². The van der Waals surface area contributed by atoms with E-state index < -0.39 is 0 Å². The predicted octanol–water partition coefficient (Wildman–Crippen LogP) is 5.97. The molecule has 0 radical (unpaired) electrons. The molecule has 0 bridgehead atoms. The molecule has 4 rings (SSSR count). The third kappa shape index (κ3) is 8.03. The van der Waals surface area contributed by atoms with Crippen LogP contribution in [0.25, 0.3) is 0 Å². The molecule has 0 aromatic heterocycles. The van der Waals surface area contributed by atoms with Crippen molar-refractivity contribution in [2.75, 3.05) is 42.9 Å². The number of nitrogens with one attached hydrogen (secondary N) is 2. The summed E-state index contributed by atoms with van der Waals surface area (Å²) in [6, 6.07) is 14.4. The molecule has 2 aliphatic heterocycles. The second kappa shape index (κ2) is 13.4. The maximum absolute atomic E-state index is 11.9. The van der Waals surface area contributed by atoms with E-state index in [1.807, 2.05) is 36.4 Å². The molecule has 0 saturated carbocycles. The van der Waals surface area contributed by atoms with E-state index in [4.69, 9.17) is 23.2 Å². The summed E-state index contributed by atoms with van der Waals surface area (Å²) in [5, 5.41) is 8.56. The first kappa shape index (κ1) is 27.6. The number of piperazine rings is 1. The van der Waals surface area contributed by atoms with E-state index >= 15 is 0 Å². The van der Waals surface area contributed by atoms with Crippen molar-refractivity contribution < 1.29 is 4.79 Å². The van der Waals surface area contributed by atoms with Crippen LogP contribution in [0, 0.1) is 0 Å². The van der Waals surface area contributed by atoms with E-state index in [0.717, 1.165) is 55.3 Å². The van der Waals surface area contributed by atoms with E-state index in [9.17, 15) is 4.79 Å². The average molecular weight is 545 g/mol. The lowest BCUT2D eigenvalue weighted by molar-refractivity contribution is -0.107. The van der Waals surface area contributed by atoms with Crippen molar-refractivity contribution >= 4 is 41.0 Å². The Bertz CT molecular complexity index is 1040. The molecule has 37 heavy (non-hydrogen) atoms. The lowest BCUT2D eigenvalue weighted by Crippen LogP contribution is -2.54. The molecule has 2 fully saturated rings. The van der Waals surface area contributed by atoms with Gasteiger partial charge in [0.05, 0.1) is 0 Å². The zero-order chi connectivity index (χ0) is 26.2. The molecular formula is C29H39Cl2N5O. The molecule has 0 unspecified atom stereocenters. The highest BCUT2D eigenvalue weighted by Crippen LogP contribution is 2.24. The second-order valence-corrected chi connectivity index (χ2v) is 11.1. The molecule has 1 amide bonds. The largest absolute Gasteiger partial charge is 0.374 e. The van der Waals surface area contributed by atoms with Crippen LogP contribution in [0.3, 0.4) is 0 Å². The Morgan fingerprint density at radius 2 is 1.70 bits per heavy atom. The molecule has 0 aliphatic carbocycles. The monoisotopic (exact) mass is 543 g/mol. The predicted molar refractivity (Wildman–Crippen MR) is 155 cm³/mol. The number of carbonyl (C=O) groups is 1. The van der Waals surface area contributed by atoms with Gasteiger partial charge in [0.25, 0.3) is 0 Å². The van der Waals surface area contributed by atoms with E-state index in [2.05, 4.69) is 40.5 Å². The van der Waals surface area contributed by atoms with Gasteiger partial charge in [0, 0.05) is 72.4 Å². The average Bonchev–Trinajstić information content (AvgIpc) is 3.14. The Kier molecular flexibility index (Phi) is 10.0. The van der Waals surface area contributed by atoms with Gasteiger partial charge in [-0.1, -0.05) is 42.1 Å². The fourth-order valence-electron chi connectivity index (χ4n) is 5.21. The highest BCUT2D eigenvalue weighted by atomic mass is 35.5. The van der Waals surface area contributed by atoms with Crippen molar-refractivity contribution in [3.8, 4) is 0 Å². The number of anilines is 2. The highest BCUT2D eigenvalue weighted by Gasteiger charge is 2.23. The van der Waals surface area contributed by atoms with E-state index in [1.54, 1.807) is 11.0 Å². The van der Waals surface area contributed by atoms with Gasteiger partial charge < -0.3 is 25.3 Å². The first-order valence-corrected chi connectivity index (χ1v) is 14.2. The molecule has 0 spiro atoms. The SMILES string of the molecule is C[C@@H]1CN(/C(=C\N2CCCCCC2)Nc2ccc(N(C=O)CCc3ccc(Cl)cc3Cl)cc2)C[C@H](C)N1. The van der Waals surface area contributed by atoms with Gasteiger partial charge in [-0.25, -0.2) is 0 Å². The standard InChI is InChI=1S/C29H39Cl2N5O/c1-22-18-36(19-23(2)32-22)29(20-34-14-5-3-4-6-15-34)33-26-9-11-27(12-10-26)35(21-37)16-13-24-7-8-25(30)17-28(24)31/h7-12,17,20-23,32-33H,3-6,13-16,18-19H2,1-2H3/b29-20-/t22-,23+. The van der Waals surface area contributed by atoms with Crippen molar-refractivity contribution in [1.29, 1.82) is 0 Å². The summed E-state index contributed by atoms with van der Waals surface area (Å²) in [7, 11) is 0. The fraction of sp³-hybridized carbons (Fsp3) is 0.483. The molecular weight excluding hydrogens is 505 g/mol. The van der Waals surface area contributed by atoms with Crippen LogP contribution in [-0.2, 0) is 11.2 Å². The minimum absolute atomic E-state index is 0.427. The van der Waals surface area contributed by atoms with Gasteiger partial charge in [-0.15, -0.1) is 0 Å². The number of benzene rings is 2. The van der Waals surface area contributed by atoms with Crippen molar-refractivity contribution in [2.45, 2.75) is 58.0 Å². The Morgan fingerprint density at radius 1 is 1.03 bits per heavy atom. The molecule has 6 nitrogen and oxygen atoms in total. The lowest BCUT2D eigenvalue weighted by Gasteiger charge is -2.39. The van der Waals surface area contributed by atoms with Crippen LogP contribution in [0.2, 0.25) is 10.0 Å². The second-order valence-electron chi connectivity index (χ2n) is 10.3. The molecule has 2 aliphatic rings. The maximum Gasteiger partial charge on any atom is 0.214 e. The number of nitrogens with zero attached hydrogens (tertiary/aromatic N) is 3. The number of amides is 1. The number of hydrogen-bond donors (Lipinski definition) is 2. The van der Waals surface area contributed by atoms with E-state index in [0.29, 0.717) is 35.1 Å². The van der Waals surface area contributed by atoms with Crippen LogP contribution in [0.1, 0.15) is 45.1 Å². The number of carbonyl (C=O) groups excluding carboxylic acids is 1. The van der Waals surface area contributed by atoms with Gasteiger partial charge >= 0.3 is 0 Å². The normalized spacial score (nSPS) is 20.9. The zero-order valence-corrected chi connectivity index (χ0v) is 23.4. The number of halogens is 2. The first-order valence-electron chi connectivity index (χ1n) is 13.4. The van der Waals surface area contributed by atoms with Crippen molar-refractivity contribution in [1.82, 2.24) is 15.1 Å².